The largest absolute Gasteiger partial charge is 0.460 e. The third-order valence-electron chi connectivity index (χ3n) is 2.97. The molecule has 0 aliphatic carbocycles. The highest BCUT2D eigenvalue weighted by atomic mass is 16.6. The van der Waals surface area contributed by atoms with Gasteiger partial charge in [-0.1, -0.05) is 0 Å². The second kappa shape index (κ2) is 4.20. The van der Waals surface area contributed by atoms with E-state index >= 15 is 0 Å². The lowest BCUT2D eigenvalue weighted by molar-refractivity contribution is -0.157. The average molecular weight is 241 g/mol. The van der Waals surface area contributed by atoms with Gasteiger partial charge < -0.3 is 14.4 Å². The number of ether oxygens (including phenoxy) is 2. The third-order valence-corrected chi connectivity index (χ3v) is 2.97. The highest BCUT2D eigenvalue weighted by molar-refractivity contribution is 5.76. The summed E-state index contributed by atoms with van der Waals surface area (Å²) in [5.74, 6) is -0.353. The SMILES string of the molecule is CC(C)(C)OC(=O)N1C[C@@H]2CC[C@H](C1)C(=O)O2. The minimum atomic E-state index is -0.507. The van der Waals surface area contributed by atoms with Crippen LogP contribution in [-0.2, 0) is 14.3 Å². The number of hydrogen-bond acceptors (Lipinski definition) is 4. The Hall–Kier alpha value is -1.26. The first kappa shape index (κ1) is 12.2. The van der Waals surface area contributed by atoms with E-state index in [1.807, 2.05) is 20.8 Å². The molecule has 96 valence electrons. The lowest BCUT2D eigenvalue weighted by Gasteiger charge is -2.26. The summed E-state index contributed by atoms with van der Waals surface area (Å²) in [4.78, 5) is 25.1. The molecule has 3 aliphatic rings. The molecule has 0 saturated carbocycles. The maximum Gasteiger partial charge on any atom is 0.410 e. The van der Waals surface area contributed by atoms with E-state index in [4.69, 9.17) is 9.47 Å². The van der Waals surface area contributed by atoms with Crippen LogP contribution in [0.5, 0.6) is 0 Å². The van der Waals surface area contributed by atoms with Crippen molar-refractivity contribution in [2.75, 3.05) is 13.1 Å². The molecular weight excluding hydrogens is 222 g/mol. The van der Waals surface area contributed by atoms with Crippen molar-refractivity contribution < 1.29 is 19.1 Å². The van der Waals surface area contributed by atoms with Gasteiger partial charge in [0.2, 0.25) is 0 Å². The van der Waals surface area contributed by atoms with E-state index in [0.29, 0.717) is 13.1 Å². The third kappa shape index (κ3) is 2.90. The van der Waals surface area contributed by atoms with E-state index in [-0.39, 0.29) is 24.1 Å². The van der Waals surface area contributed by atoms with Crippen LogP contribution >= 0.6 is 0 Å². The van der Waals surface area contributed by atoms with Gasteiger partial charge in [-0.05, 0) is 33.6 Å². The van der Waals surface area contributed by atoms with Gasteiger partial charge in [0.25, 0.3) is 0 Å². The van der Waals surface area contributed by atoms with Crippen molar-refractivity contribution in [1.29, 1.82) is 0 Å². The Morgan fingerprint density at radius 1 is 1.35 bits per heavy atom. The summed E-state index contributed by atoms with van der Waals surface area (Å²) in [7, 11) is 0. The minimum Gasteiger partial charge on any atom is -0.460 e. The van der Waals surface area contributed by atoms with Crippen molar-refractivity contribution >= 4 is 12.1 Å². The zero-order valence-corrected chi connectivity index (χ0v) is 10.6. The van der Waals surface area contributed by atoms with E-state index in [1.54, 1.807) is 4.90 Å². The van der Waals surface area contributed by atoms with Gasteiger partial charge in [0, 0.05) is 6.54 Å². The molecule has 0 aromatic carbocycles. The number of carbonyl (C=O) groups excluding carboxylic acids is 2. The van der Waals surface area contributed by atoms with Crippen LogP contribution in [0.4, 0.5) is 4.79 Å². The predicted molar refractivity (Wildman–Crippen MR) is 60.4 cm³/mol. The van der Waals surface area contributed by atoms with Gasteiger partial charge in [0.05, 0.1) is 12.5 Å². The molecule has 1 amide bonds. The van der Waals surface area contributed by atoms with Crippen LogP contribution in [0.3, 0.4) is 0 Å². The minimum absolute atomic E-state index is 0.159. The Morgan fingerprint density at radius 2 is 2.06 bits per heavy atom. The fourth-order valence-electron chi connectivity index (χ4n) is 2.18. The number of amides is 1. The summed E-state index contributed by atoms with van der Waals surface area (Å²) in [6, 6.07) is 0. The lowest BCUT2D eigenvalue weighted by atomic mass is 10.0. The Bertz CT molecular complexity index is 334. The Kier molecular flexibility index (Phi) is 3.02. The summed E-state index contributed by atoms with van der Waals surface area (Å²) in [6.45, 7) is 6.37. The first-order valence-electron chi connectivity index (χ1n) is 6.03. The molecule has 0 N–H and O–H groups in total. The van der Waals surface area contributed by atoms with Gasteiger partial charge in [-0.2, -0.15) is 0 Å². The summed E-state index contributed by atoms with van der Waals surface area (Å²) in [5.41, 5.74) is -0.507. The van der Waals surface area contributed by atoms with Gasteiger partial charge in [0.15, 0.2) is 0 Å². The van der Waals surface area contributed by atoms with Crippen molar-refractivity contribution in [2.24, 2.45) is 5.92 Å². The zero-order chi connectivity index (χ0) is 12.6. The Morgan fingerprint density at radius 3 is 2.65 bits per heavy atom. The van der Waals surface area contributed by atoms with E-state index in [9.17, 15) is 9.59 Å². The summed E-state index contributed by atoms with van der Waals surface area (Å²) in [6.07, 6.45) is 1.14. The molecule has 3 fully saturated rings. The molecule has 0 aromatic heterocycles. The topological polar surface area (TPSA) is 55.8 Å². The molecule has 3 aliphatic heterocycles. The van der Waals surface area contributed by atoms with Crippen LogP contribution in [0.25, 0.3) is 0 Å². The van der Waals surface area contributed by atoms with E-state index < -0.39 is 5.60 Å². The maximum atomic E-state index is 11.9. The molecule has 0 radical (unpaired) electrons. The van der Waals surface area contributed by atoms with Crippen LogP contribution in [0.15, 0.2) is 0 Å². The number of rotatable bonds is 0. The molecule has 3 heterocycles. The molecule has 5 heteroatoms. The van der Waals surface area contributed by atoms with Gasteiger partial charge in [-0.15, -0.1) is 0 Å². The van der Waals surface area contributed by atoms with Crippen molar-refractivity contribution in [3.05, 3.63) is 0 Å². The smallest absolute Gasteiger partial charge is 0.410 e. The van der Waals surface area contributed by atoms with Gasteiger partial charge >= 0.3 is 12.1 Å². The van der Waals surface area contributed by atoms with Gasteiger partial charge in [-0.25, -0.2) is 4.79 Å². The highest BCUT2D eigenvalue weighted by Crippen LogP contribution is 2.27. The Balaban J connectivity index is 2.03. The number of fused-ring (bicyclic) bond motifs is 4. The molecule has 3 saturated heterocycles. The molecule has 17 heavy (non-hydrogen) atoms. The molecule has 2 atom stereocenters. The van der Waals surface area contributed by atoms with Crippen molar-refractivity contribution in [3.8, 4) is 0 Å². The molecule has 2 bridgehead atoms. The van der Waals surface area contributed by atoms with Crippen molar-refractivity contribution in [3.63, 3.8) is 0 Å². The fraction of sp³-hybridized carbons (Fsp3) is 0.833. The standard InChI is InChI=1S/C12H19NO4/c1-12(2,3)17-11(15)13-6-8-4-5-9(7-13)16-10(8)14/h8-9H,4-7H2,1-3H3/t8-,9+/m1/s1. The quantitative estimate of drug-likeness (QED) is 0.604. The van der Waals surface area contributed by atoms with E-state index in [2.05, 4.69) is 0 Å². The molecular formula is C12H19NO4. The fourth-order valence-corrected chi connectivity index (χ4v) is 2.18. The number of esters is 1. The monoisotopic (exact) mass is 241 g/mol. The van der Waals surface area contributed by atoms with Crippen LogP contribution in [0, 0.1) is 5.92 Å². The highest BCUT2D eigenvalue weighted by Gasteiger charge is 2.39. The molecule has 3 rings (SSSR count). The first-order valence-corrected chi connectivity index (χ1v) is 6.03. The Labute approximate surface area is 101 Å². The average Bonchev–Trinajstić information content (AvgIpc) is 2.45. The number of hydrogen-bond donors (Lipinski definition) is 0. The van der Waals surface area contributed by atoms with Crippen LogP contribution in [-0.4, -0.2) is 41.8 Å². The molecule has 0 unspecified atom stereocenters. The van der Waals surface area contributed by atoms with Gasteiger partial charge in [-0.3, -0.25) is 4.79 Å². The van der Waals surface area contributed by atoms with Gasteiger partial charge in [0.1, 0.15) is 11.7 Å². The second-order valence-electron chi connectivity index (χ2n) is 5.72. The summed E-state index contributed by atoms with van der Waals surface area (Å²) in [5, 5.41) is 0. The first-order chi connectivity index (χ1) is 7.85. The van der Waals surface area contributed by atoms with Crippen LogP contribution < -0.4 is 0 Å². The summed E-state index contributed by atoms with van der Waals surface area (Å²) >= 11 is 0. The molecule has 5 nitrogen and oxygen atoms in total. The lowest BCUT2D eigenvalue weighted by Crippen LogP contribution is -2.40. The molecule has 0 spiro atoms. The second-order valence-corrected chi connectivity index (χ2v) is 5.72. The van der Waals surface area contributed by atoms with E-state index in [1.165, 1.54) is 0 Å². The summed E-state index contributed by atoms with van der Waals surface area (Å²) < 4.78 is 10.5. The van der Waals surface area contributed by atoms with Crippen molar-refractivity contribution in [1.82, 2.24) is 4.90 Å². The van der Waals surface area contributed by atoms with Crippen molar-refractivity contribution in [2.45, 2.75) is 45.3 Å². The van der Waals surface area contributed by atoms with E-state index in [0.717, 1.165) is 12.8 Å². The molecule has 0 aromatic rings. The predicted octanol–water partition coefficient (Wildman–Crippen LogP) is 1.56. The normalized spacial score (nSPS) is 28.6. The maximum absolute atomic E-state index is 11.9. The number of carbonyl (C=O) groups is 2. The van der Waals surface area contributed by atoms with Crippen LogP contribution in [0.2, 0.25) is 0 Å². The number of nitrogens with zero attached hydrogens (tertiary/aromatic N) is 1. The van der Waals surface area contributed by atoms with Crippen LogP contribution in [0.1, 0.15) is 33.6 Å². The zero-order valence-electron chi connectivity index (χ0n) is 10.6.